The van der Waals surface area contributed by atoms with Crippen LogP contribution in [0.2, 0.25) is 0 Å². The molecule has 4 heteroatoms. The molecule has 1 fully saturated rings. The molecule has 1 heterocycles. The van der Waals surface area contributed by atoms with Gasteiger partial charge in [-0.05, 0) is 37.5 Å². The average Bonchev–Trinajstić information content (AvgIpc) is 3.03. The van der Waals surface area contributed by atoms with Gasteiger partial charge >= 0.3 is 0 Å². The lowest BCUT2D eigenvalue weighted by molar-refractivity contribution is 0.611. The molecule has 1 saturated carbocycles. The smallest absolute Gasteiger partial charge is 0.154 e. The highest BCUT2D eigenvalue weighted by molar-refractivity contribution is 5.16. The van der Waals surface area contributed by atoms with Crippen LogP contribution in [0, 0.1) is 12.7 Å². The highest BCUT2D eigenvalue weighted by Gasteiger charge is 2.21. The van der Waals surface area contributed by atoms with Gasteiger partial charge in [-0.1, -0.05) is 25.0 Å². The van der Waals surface area contributed by atoms with Gasteiger partial charge in [-0.25, -0.2) is 14.1 Å². The van der Waals surface area contributed by atoms with Gasteiger partial charge in [0.25, 0.3) is 0 Å². The Kier molecular flexibility index (Phi) is 3.32. The summed E-state index contributed by atoms with van der Waals surface area (Å²) in [6.45, 7) is 2.64. The summed E-state index contributed by atoms with van der Waals surface area (Å²) in [5.74, 6) is 2.25. The SMILES string of the molecule is Cc1nc(C2CCCC2)nn1Cc1ccc(F)cc1. The van der Waals surface area contributed by atoms with Crippen molar-refractivity contribution in [3.63, 3.8) is 0 Å². The molecule has 0 atom stereocenters. The first-order valence-electron chi connectivity index (χ1n) is 6.88. The lowest BCUT2D eigenvalue weighted by Gasteiger charge is -2.04. The second kappa shape index (κ2) is 5.11. The van der Waals surface area contributed by atoms with Crippen LogP contribution in [-0.2, 0) is 6.54 Å². The molecule has 0 spiro atoms. The molecule has 0 aliphatic heterocycles. The van der Waals surface area contributed by atoms with Crippen molar-refractivity contribution < 1.29 is 4.39 Å². The predicted molar refractivity (Wildman–Crippen MR) is 71.5 cm³/mol. The topological polar surface area (TPSA) is 30.7 Å². The fourth-order valence-corrected chi connectivity index (χ4v) is 2.71. The van der Waals surface area contributed by atoms with Crippen LogP contribution in [0.5, 0.6) is 0 Å². The number of aromatic nitrogens is 3. The first-order chi connectivity index (χ1) is 9.22. The van der Waals surface area contributed by atoms with Crippen molar-refractivity contribution in [1.82, 2.24) is 14.8 Å². The van der Waals surface area contributed by atoms with E-state index < -0.39 is 0 Å². The lowest BCUT2D eigenvalue weighted by Crippen LogP contribution is -2.05. The second-order valence-corrected chi connectivity index (χ2v) is 5.28. The van der Waals surface area contributed by atoms with Crippen molar-refractivity contribution in [2.75, 3.05) is 0 Å². The maximum atomic E-state index is 12.9. The largest absolute Gasteiger partial charge is 0.246 e. The molecule has 0 radical (unpaired) electrons. The molecule has 0 unspecified atom stereocenters. The summed E-state index contributed by atoms with van der Waals surface area (Å²) < 4.78 is 14.8. The zero-order valence-electron chi connectivity index (χ0n) is 11.1. The molecule has 100 valence electrons. The third-order valence-electron chi connectivity index (χ3n) is 3.84. The van der Waals surface area contributed by atoms with Gasteiger partial charge in [-0.3, -0.25) is 0 Å². The second-order valence-electron chi connectivity index (χ2n) is 5.28. The molecule has 0 bridgehead atoms. The monoisotopic (exact) mass is 259 g/mol. The molecule has 0 saturated heterocycles. The fraction of sp³-hybridized carbons (Fsp3) is 0.467. The highest BCUT2D eigenvalue weighted by Crippen LogP contribution is 2.32. The maximum Gasteiger partial charge on any atom is 0.154 e. The number of hydrogen-bond acceptors (Lipinski definition) is 2. The minimum atomic E-state index is -0.203. The first-order valence-corrected chi connectivity index (χ1v) is 6.88. The first kappa shape index (κ1) is 12.3. The number of aryl methyl sites for hydroxylation is 1. The molecule has 2 aromatic rings. The third-order valence-corrected chi connectivity index (χ3v) is 3.84. The van der Waals surface area contributed by atoms with Gasteiger partial charge < -0.3 is 0 Å². The number of nitrogens with zero attached hydrogens (tertiary/aromatic N) is 3. The lowest BCUT2D eigenvalue weighted by atomic mass is 10.1. The summed E-state index contributed by atoms with van der Waals surface area (Å²) in [7, 11) is 0. The Hall–Kier alpha value is -1.71. The van der Waals surface area contributed by atoms with E-state index in [1.165, 1.54) is 37.8 Å². The number of rotatable bonds is 3. The van der Waals surface area contributed by atoms with Crippen LogP contribution < -0.4 is 0 Å². The van der Waals surface area contributed by atoms with Crippen molar-refractivity contribution in [2.45, 2.75) is 45.1 Å². The molecule has 0 N–H and O–H groups in total. The van der Waals surface area contributed by atoms with E-state index in [1.54, 1.807) is 12.1 Å². The van der Waals surface area contributed by atoms with Crippen LogP contribution >= 0.6 is 0 Å². The Morgan fingerprint density at radius 2 is 1.89 bits per heavy atom. The summed E-state index contributed by atoms with van der Waals surface area (Å²) in [5.41, 5.74) is 1.05. The Morgan fingerprint density at radius 3 is 2.58 bits per heavy atom. The van der Waals surface area contributed by atoms with E-state index in [0.717, 1.165) is 17.2 Å². The normalized spacial score (nSPS) is 16.1. The molecular formula is C15H18FN3. The van der Waals surface area contributed by atoms with Crippen LogP contribution in [-0.4, -0.2) is 14.8 Å². The quantitative estimate of drug-likeness (QED) is 0.845. The molecule has 1 aliphatic rings. The summed E-state index contributed by atoms with van der Waals surface area (Å²) in [5, 5.41) is 4.62. The summed E-state index contributed by atoms with van der Waals surface area (Å²) in [6.07, 6.45) is 4.99. The Balaban J connectivity index is 1.79. The van der Waals surface area contributed by atoms with Crippen molar-refractivity contribution in [2.24, 2.45) is 0 Å². The Bertz CT molecular complexity index is 553. The van der Waals surface area contributed by atoms with E-state index >= 15 is 0 Å². The molecular weight excluding hydrogens is 241 g/mol. The molecule has 1 aromatic heterocycles. The van der Waals surface area contributed by atoms with Gasteiger partial charge in [0, 0.05) is 5.92 Å². The molecule has 1 aromatic carbocycles. The average molecular weight is 259 g/mol. The fourth-order valence-electron chi connectivity index (χ4n) is 2.71. The molecule has 19 heavy (non-hydrogen) atoms. The summed E-state index contributed by atoms with van der Waals surface area (Å²) in [6, 6.07) is 6.57. The summed E-state index contributed by atoms with van der Waals surface area (Å²) in [4.78, 5) is 4.58. The van der Waals surface area contributed by atoms with Gasteiger partial charge in [0.2, 0.25) is 0 Å². The van der Waals surface area contributed by atoms with E-state index in [1.807, 2.05) is 11.6 Å². The minimum Gasteiger partial charge on any atom is -0.246 e. The van der Waals surface area contributed by atoms with Gasteiger partial charge in [0.05, 0.1) is 6.54 Å². The molecule has 0 amide bonds. The van der Waals surface area contributed by atoms with Crippen molar-refractivity contribution in [3.05, 3.63) is 47.3 Å². The molecule has 3 nitrogen and oxygen atoms in total. The third kappa shape index (κ3) is 2.67. The molecule has 1 aliphatic carbocycles. The Labute approximate surface area is 112 Å². The van der Waals surface area contributed by atoms with Crippen molar-refractivity contribution in [3.8, 4) is 0 Å². The van der Waals surface area contributed by atoms with Gasteiger partial charge in [-0.15, -0.1) is 0 Å². The van der Waals surface area contributed by atoms with Crippen LogP contribution in [0.3, 0.4) is 0 Å². The predicted octanol–water partition coefficient (Wildman–Crippen LogP) is 3.43. The maximum absolute atomic E-state index is 12.9. The van der Waals surface area contributed by atoms with E-state index in [-0.39, 0.29) is 5.82 Å². The van der Waals surface area contributed by atoms with Crippen molar-refractivity contribution >= 4 is 0 Å². The van der Waals surface area contributed by atoms with Gasteiger partial charge in [0.15, 0.2) is 5.82 Å². The van der Waals surface area contributed by atoms with E-state index in [2.05, 4.69) is 10.1 Å². The van der Waals surface area contributed by atoms with E-state index in [0.29, 0.717) is 12.5 Å². The van der Waals surface area contributed by atoms with Crippen LogP contribution in [0.1, 0.15) is 48.8 Å². The standard InChI is InChI=1S/C15H18FN3/c1-11-17-15(13-4-2-3-5-13)18-19(11)10-12-6-8-14(16)9-7-12/h6-9,13H,2-5,10H2,1H3. The van der Waals surface area contributed by atoms with Crippen molar-refractivity contribution in [1.29, 1.82) is 0 Å². The van der Waals surface area contributed by atoms with Crippen LogP contribution in [0.25, 0.3) is 0 Å². The highest BCUT2D eigenvalue weighted by atomic mass is 19.1. The molecule has 3 rings (SSSR count). The zero-order valence-corrected chi connectivity index (χ0v) is 11.1. The number of halogens is 1. The van der Waals surface area contributed by atoms with Crippen LogP contribution in [0.4, 0.5) is 4.39 Å². The minimum absolute atomic E-state index is 0.203. The summed E-state index contributed by atoms with van der Waals surface area (Å²) >= 11 is 0. The van der Waals surface area contributed by atoms with Crippen LogP contribution in [0.15, 0.2) is 24.3 Å². The van der Waals surface area contributed by atoms with Gasteiger partial charge in [0.1, 0.15) is 11.6 Å². The number of hydrogen-bond donors (Lipinski definition) is 0. The van der Waals surface area contributed by atoms with Gasteiger partial charge in [-0.2, -0.15) is 5.10 Å². The van der Waals surface area contributed by atoms with E-state index in [9.17, 15) is 4.39 Å². The zero-order chi connectivity index (χ0) is 13.2. The Morgan fingerprint density at radius 1 is 1.21 bits per heavy atom. The van der Waals surface area contributed by atoms with E-state index in [4.69, 9.17) is 0 Å². The number of benzene rings is 1.